The Morgan fingerprint density at radius 2 is 1.94 bits per heavy atom. The minimum absolute atomic E-state index is 0.286. The zero-order valence-corrected chi connectivity index (χ0v) is 11.5. The van der Waals surface area contributed by atoms with Gasteiger partial charge >= 0.3 is 0 Å². The molecular formula is C17H22O. The van der Waals surface area contributed by atoms with E-state index in [-0.39, 0.29) is 5.92 Å². The van der Waals surface area contributed by atoms with Crippen molar-refractivity contribution < 1.29 is 4.79 Å². The van der Waals surface area contributed by atoms with Gasteiger partial charge < -0.3 is 0 Å². The topological polar surface area (TPSA) is 17.1 Å². The highest BCUT2D eigenvalue weighted by atomic mass is 16.1. The molecule has 1 aromatic rings. The van der Waals surface area contributed by atoms with Crippen LogP contribution in [0.5, 0.6) is 0 Å². The van der Waals surface area contributed by atoms with Gasteiger partial charge in [0.1, 0.15) is 5.78 Å². The SMILES string of the molecule is CC(=O)C1CC2c3ccccc3C1C2CC(C)C. The van der Waals surface area contributed by atoms with Crippen molar-refractivity contribution in [3.8, 4) is 0 Å². The molecule has 1 heteroatoms. The average molecular weight is 242 g/mol. The quantitative estimate of drug-likeness (QED) is 0.778. The Bertz CT molecular complexity index is 474. The summed E-state index contributed by atoms with van der Waals surface area (Å²) in [5.74, 6) is 3.25. The number of ketones is 1. The van der Waals surface area contributed by atoms with E-state index < -0.39 is 0 Å². The molecular weight excluding hydrogens is 220 g/mol. The number of hydrogen-bond donors (Lipinski definition) is 0. The van der Waals surface area contributed by atoms with Crippen LogP contribution in [0.1, 0.15) is 56.6 Å². The van der Waals surface area contributed by atoms with Gasteiger partial charge in [0.05, 0.1) is 0 Å². The summed E-state index contributed by atoms with van der Waals surface area (Å²) in [4.78, 5) is 11.9. The first-order valence-electron chi connectivity index (χ1n) is 7.19. The van der Waals surface area contributed by atoms with E-state index in [1.807, 2.05) is 0 Å². The highest BCUT2D eigenvalue weighted by Gasteiger charge is 2.52. The van der Waals surface area contributed by atoms with Gasteiger partial charge in [-0.15, -0.1) is 0 Å². The van der Waals surface area contributed by atoms with Crippen LogP contribution < -0.4 is 0 Å². The van der Waals surface area contributed by atoms with E-state index in [1.54, 1.807) is 6.92 Å². The first-order valence-corrected chi connectivity index (χ1v) is 7.19. The molecule has 1 saturated carbocycles. The number of rotatable bonds is 3. The molecule has 0 radical (unpaired) electrons. The summed E-state index contributed by atoms with van der Waals surface area (Å²) in [7, 11) is 0. The van der Waals surface area contributed by atoms with Gasteiger partial charge in [0, 0.05) is 5.92 Å². The van der Waals surface area contributed by atoms with Gasteiger partial charge in [-0.3, -0.25) is 4.79 Å². The first-order chi connectivity index (χ1) is 8.59. The van der Waals surface area contributed by atoms with E-state index in [9.17, 15) is 4.79 Å². The molecule has 0 heterocycles. The molecule has 96 valence electrons. The van der Waals surface area contributed by atoms with Crippen molar-refractivity contribution in [1.29, 1.82) is 0 Å². The molecule has 1 fully saturated rings. The van der Waals surface area contributed by atoms with Crippen LogP contribution in [-0.4, -0.2) is 5.78 Å². The number of Topliss-reactive ketones (excluding diaryl/α,β-unsaturated/α-hetero) is 1. The summed E-state index contributed by atoms with van der Waals surface area (Å²) in [6.07, 6.45) is 2.35. The molecule has 18 heavy (non-hydrogen) atoms. The summed E-state index contributed by atoms with van der Waals surface area (Å²) >= 11 is 0. The van der Waals surface area contributed by atoms with E-state index >= 15 is 0 Å². The van der Waals surface area contributed by atoms with Gasteiger partial charge in [-0.1, -0.05) is 38.1 Å². The lowest BCUT2D eigenvalue weighted by molar-refractivity contribution is -0.121. The Morgan fingerprint density at radius 3 is 2.56 bits per heavy atom. The third kappa shape index (κ3) is 1.64. The van der Waals surface area contributed by atoms with Crippen molar-refractivity contribution >= 4 is 5.78 Å². The third-order valence-corrected chi connectivity index (χ3v) is 4.94. The molecule has 2 aliphatic carbocycles. The lowest BCUT2D eigenvalue weighted by atomic mass is 9.80. The predicted molar refractivity (Wildman–Crippen MR) is 73.7 cm³/mol. The summed E-state index contributed by atoms with van der Waals surface area (Å²) in [6, 6.07) is 8.81. The van der Waals surface area contributed by atoms with Gasteiger partial charge in [-0.25, -0.2) is 0 Å². The monoisotopic (exact) mass is 242 g/mol. The maximum Gasteiger partial charge on any atom is 0.133 e. The zero-order valence-electron chi connectivity index (χ0n) is 11.5. The normalized spacial score (nSPS) is 32.9. The van der Waals surface area contributed by atoms with Crippen molar-refractivity contribution in [3.05, 3.63) is 35.4 Å². The molecule has 0 N–H and O–H groups in total. The second-order valence-corrected chi connectivity index (χ2v) is 6.51. The summed E-state index contributed by atoms with van der Waals surface area (Å²) in [5, 5.41) is 0. The first kappa shape index (κ1) is 12.0. The summed E-state index contributed by atoms with van der Waals surface area (Å²) < 4.78 is 0. The third-order valence-electron chi connectivity index (χ3n) is 4.94. The van der Waals surface area contributed by atoms with Crippen molar-refractivity contribution in [2.75, 3.05) is 0 Å². The van der Waals surface area contributed by atoms with Crippen LogP contribution in [0.4, 0.5) is 0 Å². The van der Waals surface area contributed by atoms with E-state index in [0.29, 0.717) is 23.5 Å². The van der Waals surface area contributed by atoms with Crippen LogP contribution in [0.25, 0.3) is 0 Å². The Morgan fingerprint density at radius 1 is 1.28 bits per heavy atom. The molecule has 2 bridgehead atoms. The van der Waals surface area contributed by atoms with Crippen LogP contribution in [0.3, 0.4) is 0 Å². The number of carbonyl (C=O) groups excluding carboxylic acids is 1. The van der Waals surface area contributed by atoms with Crippen molar-refractivity contribution in [2.24, 2.45) is 17.8 Å². The van der Waals surface area contributed by atoms with Crippen LogP contribution in [0.15, 0.2) is 24.3 Å². The van der Waals surface area contributed by atoms with Gasteiger partial charge in [-0.05, 0) is 54.6 Å². The van der Waals surface area contributed by atoms with Crippen LogP contribution in [-0.2, 0) is 4.79 Å². The maximum atomic E-state index is 11.9. The summed E-state index contributed by atoms with van der Waals surface area (Å²) in [5.41, 5.74) is 3.00. The van der Waals surface area contributed by atoms with Gasteiger partial charge in [0.2, 0.25) is 0 Å². The average Bonchev–Trinajstić information content (AvgIpc) is 2.82. The highest BCUT2D eigenvalue weighted by Crippen LogP contribution is 2.61. The Balaban J connectivity index is 2.00. The second-order valence-electron chi connectivity index (χ2n) is 6.51. The number of carbonyl (C=O) groups is 1. The number of benzene rings is 1. The Labute approximate surface area is 110 Å². The van der Waals surface area contributed by atoms with E-state index in [2.05, 4.69) is 38.1 Å². The van der Waals surface area contributed by atoms with Crippen molar-refractivity contribution in [2.45, 2.75) is 45.4 Å². The van der Waals surface area contributed by atoms with Crippen LogP contribution >= 0.6 is 0 Å². The van der Waals surface area contributed by atoms with Gasteiger partial charge in [0.25, 0.3) is 0 Å². The fourth-order valence-corrected chi connectivity index (χ4v) is 4.37. The van der Waals surface area contributed by atoms with Gasteiger partial charge in [0.15, 0.2) is 0 Å². The molecule has 1 aromatic carbocycles. The second kappa shape index (κ2) is 4.22. The number of fused-ring (bicyclic) bond motifs is 5. The molecule has 0 amide bonds. The minimum Gasteiger partial charge on any atom is -0.300 e. The lowest BCUT2D eigenvalue weighted by Gasteiger charge is -2.23. The Hall–Kier alpha value is -1.11. The van der Waals surface area contributed by atoms with E-state index in [1.165, 1.54) is 17.5 Å². The minimum atomic E-state index is 0.286. The standard InChI is InChI=1S/C17H22O/c1-10(2)8-16-15-9-14(11(3)18)17(16)13-7-5-4-6-12(13)15/h4-7,10,14-17H,8-9H2,1-3H3. The Kier molecular flexibility index (Phi) is 2.80. The fourth-order valence-electron chi connectivity index (χ4n) is 4.37. The van der Waals surface area contributed by atoms with Crippen LogP contribution in [0, 0.1) is 17.8 Å². The van der Waals surface area contributed by atoms with Gasteiger partial charge in [-0.2, -0.15) is 0 Å². The molecule has 2 aliphatic rings. The van der Waals surface area contributed by atoms with Crippen molar-refractivity contribution in [1.82, 2.24) is 0 Å². The summed E-state index contributed by atoms with van der Waals surface area (Å²) in [6.45, 7) is 6.37. The molecule has 0 spiro atoms. The molecule has 4 unspecified atom stereocenters. The van der Waals surface area contributed by atoms with Crippen molar-refractivity contribution in [3.63, 3.8) is 0 Å². The highest BCUT2D eigenvalue weighted by molar-refractivity contribution is 5.81. The van der Waals surface area contributed by atoms with E-state index in [4.69, 9.17) is 0 Å². The molecule has 0 aromatic heterocycles. The number of hydrogen-bond acceptors (Lipinski definition) is 1. The molecule has 4 atom stereocenters. The maximum absolute atomic E-state index is 11.9. The fraction of sp³-hybridized carbons (Fsp3) is 0.588. The predicted octanol–water partition coefficient (Wildman–Crippen LogP) is 4.14. The lowest BCUT2D eigenvalue weighted by Crippen LogP contribution is -2.19. The zero-order chi connectivity index (χ0) is 12.9. The van der Waals surface area contributed by atoms with E-state index in [0.717, 1.165) is 12.3 Å². The molecule has 0 saturated heterocycles. The molecule has 0 aliphatic heterocycles. The molecule has 1 nitrogen and oxygen atoms in total. The molecule has 3 rings (SSSR count). The van der Waals surface area contributed by atoms with Crippen LogP contribution in [0.2, 0.25) is 0 Å². The largest absolute Gasteiger partial charge is 0.300 e. The smallest absolute Gasteiger partial charge is 0.133 e.